The number of benzene rings is 1. The van der Waals surface area contributed by atoms with Gasteiger partial charge in [-0.3, -0.25) is 0 Å². The largest absolute Gasteiger partial charge is 0.392 e. The molecule has 2 N–H and O–H groups in total. The van der Waals surface area contributed by atoms with Crippen LogP contribution in [0.1, 0.15) is 38.8 Å². The SMILES string of the molecule is CSc1nc(NCC(C)O)c(C#N)c(-c2ccc(C(C)(C)C)cc2)n1. The minimum atomic E-state index is -0.534. The molecule has 0 saturated heterocycles. The third-order valence-corrected chi connectivity index (χ3v) is 4.32. The van der Waals surface area contributed by atoms with Gasteiger partial charge in [0.05, 0.1) is 11.8 Å². The van der Waals surface area contributed by atoms with E-state index in [9.17, 15) is 10.4 Å². The van der Waals surface area contributed by atoms with Gasteiger partial charge in [-0.15, -0.1) is 0 Å². The molecule has 0 aliphatic heterocycles. The Morgan fingerprint density at radius 1 is 1.24 bits per heavy atom. The van der Waals surface area contributed by atoms with Crippen molar-refractivity contribution in [2.24, 2.45) is 0 Å². The molecule has 0 aliphatic rings. The molecule has 5 nitrogen and oxygen atoms in total. The van der Waals surface area contributed by atoms with Crippen LogP contribution in [0.25, 0.3) is 11.3 Å². The maximum absolute atomic E-state index is 9.63. The maximum atomic E-state index is 9.63. The first-order valence-corrected chi connectivity index (χ1v) is 9.37. The first-order valence-electron chi connectivity index (χ1n) is 8.15. The minimum Gasteiger partial charge on any atom is -0.392 e. The fraction of sp³-hybridized carbons (Fsp3) is 0.421. The topological polar surface area (TPSA) is 81.8 Å². The van der Waals surface area contributed by atoms with Gasteiger partial charge in [0.1, 0.15) is 17.5 Å². The monoisotopic (exact) mass is 356 g/mol. The van der Waals surface area contributed by atoms with Crippen LogP contribution < -0.4 is 5.32 Å². The van der Waals surface area contributed by atoms with Crippen molar-refractivity contribution in [2.75, 3.05) is 18.1 Å². The number of nitrogens with one attached hydrogen (secondary N) is 1. The smallest absolute Gasteiger partial charge is 0.189 e. The van der Waals surface area contributed by atoms with Gasteiger partial charge in [0.2, 0.25) is 0 Å². The Balaban J connectivity index is 2.52. The quantitative estimate of drug-likeness (QED) is 0.626. The molecule has 0 aliphatic carbocycles. The molecule has 0 saturated carbocycles. The molecule has 6 heteroatoms. The first-order chi connectivity index (χ1) is 11.8. The van der Waals surface area contributed by atoms with E-state index in [0.717, 1.165) is 5.56 Å². The van der Waals surface area contributed by atoms with Crippen LogP contribution in [0.15, 0.2) is 29.4 Å². The molecule has 0 radical (unpaired) electrons. The summed E-state index contributed by atoms with van der Waals surface area (Å²) in [4.78, 5) is 8.92. The van der Waals surface area contributed by atoms with Crippen LogP contribution in [0.4, 0.5) is 5.82 Å². The van der Waals surface area contributed by atoms with Gasteiger partial charge in [-0.2, -0.15) is 5.26 Å². The summed E-state index contributed by atoms with van der Waals surface area (Å²) in [6, 6.07) is 10.3. The number of nitriles is 1. The number of thioether (sulfide) groups is 1. The van der Waals surface area contributed by atoms with Crippen molar-refractivity contribution in [3.8, 4) is 17.3 Å². The molecular formula is C19H24N4OS. The van der Waals surface area contributed by atoms with Gasteiger partial charge in [-0.05, 0) is 24.2 Å². The Hall–Kier alpha value is -2.10. The lowest BCUT2D eigenvalue weighted by Gasteiger charge is -2.19. The Kier molecular flexibility index (Phi) is 6.04. The van der Waals surface area contributed by atoms with Crippen molar-refractivity contribution in [3.05, 3.63) is 35.4 Å². The second-order valence-corrected chi connectivity index (χ2v) is 7.72. The molecule has 25 heavy (non-hydrogen) atoms. The predicted octanol–water partition coefficient (Wildman–Crippen LogP) is 3.83. The number of aliphatic hydroxyl groups excluding tert-OH is 1. The lowest BCUT2D eigenvalue weighted by Crippen LogP contribution is -2.17. The summed E-state index contributed by atoms with van der Waals surface area (Å²) in [5.74, 6) is 0.456. The van der Waals surface area contributed by atoms with Crippen LogP contribution >= 0.6 is 11.8 Å². The van der Waals surface area contributed by atoms with Crippen molar-refractivity contribution >= 4 is 17.6 Å². The van der Waals surface area contributed by atoms with Gasteiger partial charge < -0.3 is 10.4 Å². The number of rotatable bonds is 5. The highest BCUT2D eigenvalue weighted by atomic mass is 32.2. The van der Waals surface area contributed by atoms with Crippen molar-refractivity contribution in [3.63, 3.8) is 0 Å². The van der Waals surface area contributed by atoms with Crippen molar-refractivity contribution < 1.29 is 5.11 Å². The summed E-state index contributed by atoms with van der Waals surface area (Å²) in [6.45, 7) is 8.50. The van der Waals surface area contributed by atoms with Gasteiger partial charge in [0.25, 0.3) is 0 Å². The van der Waals surface area contributed by atoms with E-state index in [1.165, 1.54) is 17.3 Å². The van der Waals surface area contributed by atoms with Crippen LogP contribution in [0, 0.1) is 11.3 Å². The van der Waals surface area contributed by atoms with Gasteiger partial charge in [0.15, 0.2) is 5.16 Å². The lowest BCUT2D eigenvalue weighted by molar-refractivity contribution is 0.208. The number of nitrogens with zero attached hydrogens (tertiary/aromatic N) is 3. The summed E-state index contributed by atoms with van der Waals surface area (Å²) in [7, 11) is 0. The maximum Gasteiger partial charge on any atom is 0.189 e. The normalized spacial score (nSPS) is 12.5. The molecular weight excluding hydrogens is 332 g/mol. The summed E-state index contributed by atoms with van der Waals surface area (Å²) in [5, 5.41) is 22.8. The standard InChI is InChI=1S/C19H24N4OS/c1-12(24)11-21-17-15(10-20)16(22-18(23-17)25-5)13-6-8-14(9-7-13)19(2,3)4/h6-9,12,24H,11H2,1-5H3,(H,21,22,23). The van der Waals surface area contributed by atoms with Crippen molar-refractivity contribution in [1.29, 1.82) is 5.26 Å². The molecule has 2 rings (SSSR count). The molecule has 1 atom stereocenters. The van der Waals surface area contributed by atoms with E-state index in [4.69, 9.17) is 0 Å². The molecule has 1 aromatic heterocycles. The lowest BCUT2D eigenvalue weighted by atomic mass is 9.86. The number of hydrogen-bond acceptors (Lipinski definition) is 6. The molecule has 0 amide bonds. The van der Waals surface area contributed by atoms with Crippen LogP contribution in [0.3, 0.4) is 0 Å². The fourth-order valence-electron chi connectivity index (χ4n) is 2.35. The van der Waals surface area contributed by atoms with Crippen LogP contribution in [-0.2, 0) is 5.41 Å². The summed E-state index contributed by atoms with van der Waals surface area (Å²) in [5.41, 5.74) is 3.16. The second kappa shape index (κ2) is 7.85. The molecule has 0 spiro atoms. The number of hydrogen-bond donors (Lipinski definition) is 2. The number of aromatic nitrogens is 2. The van der Waals surface area contributed by atoms with Crippen molar-refractivity contribution in [2.45, 2.75) is 44.4 Å². The zero-order valence-corrected chi connectivity index (χ0v) is 16.1. The average molecular weight is 356 g/mol. The molecule has 1 heterocycles. The highest BCUT2D eigenvalue weighted by molar-refractivity contribution is 7.98. The fourth-order valence-corrected chi connectivity index (χ4v) is 2.71. The van der Waals surface area contributed by atoms with E-state index in [-0.39, 0.29) is 5.41 Å². The van der Waals surface area contributed by atoms with Crippen LogP contribution in [0.2, 0.25) is 0 Å². The van der Waals surface area contributed by atoms with E-state index in [0.29, 0.717) is 28.8 Å². The Morgan fingerprint density at radius 3 is 2.36 bits per heavy atom. The molecule has 1 unspecified atom stereocenters. The van der Waals surface area contributed by atoms with E-state index in [1.54, 1.807) is 6.92 Å². The van der Waals surface area contributed by atoms with Gasteiger partial charge in [-0.1, -0.05) is 56.8 Å². The van der Waals surface area contributed by atoms with E-state index in [1.807, 2.05) is 18.4 Å². The van der Waals surface area contributed by atoms with E-state index >= 15 is 0 Å². The number of anilines is 1. The van der Waals surface area contributed by atoms with Gasteiger partial charge in [0, 0.05) is 12.1 Å². The zero-order chi connectivity index (χ0) is 18.6. The van der Waals surface area contributed by atoms with Crippen LogP contribution in [0.5, 0.6) is 0 Å². The minimum absolute atomic E-state index is 0.0661. The highest BCUT2D eigenvalue weighted by Gasteiger charge is 2.18. The molecule has 0 bridgehead atoms. The zero-order valence-electron chi connectivity index (χ0n) is 15.3. The molecule has 2 aromatic rings. The van der Waals surface area contributed by atoms with Gasteiger partial charge >= 0.3 is 0 Å². The summed E-state index contributed by atoms with van der Waals surface area (Å²) in [6.07, 6.45) is 1.36. The van der Waals surface area contributed by atoms with E-state index in [2.05, 4.69) is 54.3 Å². The summed E-state index contributed by atoms with van der Waals surface area (Å²) < 4.78 is 0. The average Bonchev–Trinajstić information content (AvgIpc) is 2.58. The Bertz CT molecular complexity index is 774. The molecule has 1 aromatic carbocycles. The highest BCUT2D eigenvalue weighted by Crippen LogP contribution is 2.30. The Labute approximate surface area is 153 Å². The van der Waals surface area contributed by atoms with Crippen molar-refractivity contribution in [1.82, 2.24) is 9.97 Å². The van der Waals surface area contributed by atoms with E-state index < -0.39 is 6.10 Å². The summed E-state index contributed by atoms with van der Waals surface area (Å²) >= 11 is 1.42. The second-order valence-electron chi connectivity index (χ2n) is 6.95. The van der Waals surface area contributed by atoms with Gasteiger partial charge in [-0.25, -0.2) is 9.97 Å². The molecule has 132 valence electrons. The number of aliphatic hydroxyl groups is 1. The predicted molar refractivity (Wildman–Crippen MR) is 103 cm³/mol. The first kappa shape index (κ1) is 19.2. The molecule has 0 fully saturated rings. The third kappa shape index (κ3) is 4.71. The third-order valence-electron chi connectivity index (χ3n) is 3.77. The van der Waals surface area contributed by atoms with Crippen LogP contribution in [-0.4, -0.2) is 34.0 Å². The Morgan fingerprint density at radius 2 is 1.88 bits per heavy atom.